The van der Waals surface area contributed by atoms with E-state index in [1.165, 1.54) is 24.3 Å². The molecule has 1 rings (SSSR count). The lowest BCUT2D eigenvalue weighted by Crippen LogP contribution is -2.15. The molecule has 1 aromatic rings. The molecule has 1 amide bonds. The molecule has 5 N–H and O–H groups in total. The number of carbonyl (C=O) groups excluding carboxylic acids is 1. The predicted molar refractivity (Wildman–Crippen MR) is 68.4 cm³/mol. The first-order valence-electron chi connectivity index (χ1n) is 4.99. The Balaban J connectivity index is 2.73. The summed E-state index contributed by atoms with van der Waals surface area (Å²) in [5.74, 6) is -0.470. The van der Waals surface area contributed by atoms with E-state index >= 15 is 0 Å². The molecule has 0 saturated carbocycles. The fourth-order valence-corrected chi connectivity index (χ4v) is 1.69. The number of sulfonamides is 1. The molecule has 0 aromatic heterocycles. The lowest BCUT2D eigenvalue weighted by Gasteiger charge is -2.03. The number of primary amides is 1. The van der Waals surface area contributed by atoms with Crippen LogP contribution in [0.25, 0.3) is 0 Å². The molecule has 0 fully saturated rings. The summed E-state index contributed by atoms with van der Waals surface area (Å²) in [6.07, 6.45) is 0.0578. The Morgan fingerprint density at radius 2 is 1.89 bits per heavy atom. The zero-order valence-corrected chi connectivity index (χ0v) is 10.6. The van der Waals surface area contributed by atoms with Gasteiger partial charge < -0.3 is 5.73 Å². The Hall–Kier alpha value is -1.93. The van der Waals surface area contributed by atoms with Crippen LogP contribution in [0.1, 0.15) is 13.3 Å². The van der Waals surface area contributed by atoms with Gasteiger partial charge in [0.25, 0.3) is 0 Å². The molecule has 0 bridgehead atoms. The van der Waals surface area contributed by atoms with Crippen molar-refractivity contribution in [1.29, 1.82) is 0 Å². The summed E-state index contributed by atoms with van der Waals surface area (Å²) in [4.78, 5) is 10.6. The maximum atomic E-state index is 11.0. The van der Waals surface area contributed by atoms with Gasteiger partial charge in [-0.1, -0.05) is 0 Å². The van der Waals surface area contributed by atoms with Crippen molar-refractivity contribution < 1.29 is 13.2 Å². The second-order valence-corrected chi connectivity index (χ2v) is 5.23. The number of anilines is 1. The zero-order valence-electron chi connectivity index (χ0n) is 9.75. The van der Waals surface area contributed by atoms with Gasteiger partial charge in [0.15, 0.2) is 0 Å². The lowest BCUT2D eigenvalue weighted by molar-refractivity contribution is -0.116. The lowest BCUT2D eigenvalue weighted by atomic mass is 10.3. The highest BCUT2D eigenvalue weighted by molar-refractivity contribution is 7.89. The second kappa shape index (κ2) is 5.61. The van der Waals surface area contributed by atoms with Crippen molar-refractivity contribution in [3.63, 3.8) is 0 Å². The van der Waals surface area contributed by atoms with Crippen LogP contribution in [0.4, 0.5) is 5.69 Å². The SMILES string of the molecule is C/C(CC(N)=O)=N\Nc1ccc(S(N)(=O)=O)cc1. The van der Waals surface area contributed by atoms with E-state index in [-0.39, 0.29) is 11.3 Å². The van der Waals surface area contributed by atoms with E-state index < -0.39 is 15.9 Å². The van der Waals surface area contributed by atoms with Gasteiger partial charge in [0.2, 0.25) is 15.9 Å². The molecule has 8 heteroatoms. The summed E-state index contributed by atoms with van der Waals surface area (Å²) >= 11 is 0. The molecule has 0 heterocycles. The third-order valence-corrected chi connectivity index (χ3v) is 2.92. The average molecular weight is 270 g/mol. The van der Waals surface area contributed by atoms with Crippen molar-refractivity contribution in [2.75, 3.05) is 5.43 Å². The van der Waals surface area contributed by atoms with Crippen LogP contribution in [-0.4, -0.2) is 20.0 Å². The third kappa shape index (κ3) is 4.52. The molecular weight excluding hydrogens is 256 g/mol. The molecule has 98 valence electrons. The van der Waals surface area contributed by atoms with Crippen LogP contribution in [-0.2, 0) is 14.8 Å². The summed E-state index contributed by atoms with van der Waals surface area (Å²) in [5.41, 5.74) is 8.78. The average Bonchev–Trinajstić information content (AvgIpc) is 2.25. The number of rotatable bonds is 5. The number of carbonyl (C=O) groups is 1. The van der Waals surface area contributed by atoms with Crippen LogP contribution in [0, 0.1) is 0 Å². The standard InChI is InChI=1S/C10H14N4O3S/c1-7(6-10(11)15)13-14-8-2-4-9(5-3-8)18(12,16)17/h2-5,14H,6H2,1H3,(H2,11,15)(H2,12,16,17)/b13-7+. The zero-order chi connectivity index (χ0) is 13.8. The summed E-state index contributed by atoms with van der Waals surface area (Å²) in [7, 11) is -3.69. The first-order chi connectivity index (χ1) is 8.29. The minimum absolute atomic E-state index is 0.0193. The van der Waals surface area contributed by atoms with Gasteiger partial charge in [-0.2, -0.15) is 5.10 Å². The highest BCUT2D eigenvalue weighted by Gasteiger charge is 2.06. The molecule has 1 aromatic carbocycles. The number of primary sulfonamides is 1. The quantitative estimate of drug-likeness (QED) is 0.513. The van der Waals surface area contributed by atoms with E-state index in [2.05, 4.69) is 10.5 Å². The van der Waals surface area contributed by atoms with Gasteiger partial charge >= 0.3 is 0 Å². The van der Waals surface area contributed by atoms with Gasteiger partial charge in [0.1, 0.15) is 0 Å². The molecule has 7 nitrogen and oxygen atoms in total. The Morgan fingerprint density at radius 3 is 2.33 bits per heavy atom. The van der Waals surface area contributed by atoms with E-state index in [4.69, 9.17) is 10.9 Å². The number of benzene rings is 1. The molecule has 0 aliphatic carbocycles. The van der Waals surface area contributed by atoms with Crippen LogP contribution >= 0.6 is 0 Å². The van der Waals surface area contributed by atoms with Gasteiger partial charge in [0, 0.05) is 5.71 Å². The van der Waals surface area contributed by atoms with E-state index in [0.29, 0.717) is 11.4 Å². The highest BCUT2D eigenvalue weighted by Crippen LogP contribution is 2.12. The fourth-order valence-electron chi connectivity index (χ4n) is 1.17. The molecule has 18 heavy (non-hydrogen) atoms. The van der Waals surface area contributed by atoms with Crippen molar-refractivity contribution in [1.82, 2.24) is 0 Å². The Kier molecular flexibility index (Phi) is 4.40. The van der Waals surface area contributed by atoms with Crippen molar-refractivity contribution in [3.05, 3.63) is 24.3 Å². The van der Waals surface area contributed by atoms with Crippen LogP contribution in [0.15, 0.2) is 34.3 Å². The number of amides is 1. The summed E-state index contributed by atoms with van der Waals surface area (Å²) in [5, 5.41) is 8.87. The van der Waals surface area contributed by atoms with Crippen molar-refractivity contribution in [3.8, 4) is 0 Å². The van der Waals surface area contributed by atoms with Crippen LogP contribution in [0.5, 0.6) is 0 Å². The molecule has 0 atom stereocenters. The largest absolute Gasteiger partial charge is 0.369 e. The van der Waals surface area contributed by atoms with E-state index in [0.717, 1.165) is 0 Å². The van der Waals surface area contributed by atoms with Crippen molar-refractivity contribution in [2.45, 2.75) is 18.2 Å². The number of hydrogen-bond donors (Lipinski definition) is 3. The third-order valence-electron chi connectivity index (χ3n) is 1.99. The van der Waals surface area contributed by atoms with E-state index in [1.807, 2.05) is 0 Å². The normalized spacial score (nSPS) is 12.2. The minimum Gasteiger partial charge on any atom is -0.369 e. The molecule has 0 aliphatic heterocycles. The van der Waals surface area contributed by atoms with E-state index in [9.17, 15) is 13.2 Å². The topological polar surface area (TPSA) is 128 Å². The first-order valence-corrected chi connectivity index (χ1v) is 6.54. The maximum Gasteiger partial charge on any atom is 0.238 e. The summed E-state index contributed by atoms with van der Waals surface area (Å²) in [6.45, 7) is 1.65. The smallest absolute Gasteiger partial charge is 0.238 e. The van der Waals surface area contributed by atoms with Crippen molar-refractivity contribution >= 4 is 27.3 Å². The van der Waals surface area contributed by atoms with Gasteiger partial charge in [-0.15, -0.1) is 0 Å². The predicted octanol–water partition coefficient (Wildman–Crippen LogP) is -0.00280. The summed E-state index contributed by atoms with van der Waals surface area (Å²) in [6, 6.07) is 5.74. The summed E-state index contributed by atoms with van der Waals surface area (Å²) < 4.78 is 22.0. The van der Waals surface area contributed by atoms with Gasteiger partial charge in [-0.25, -0.2) is 13.6 Å². The first kappa shape index (κ1) is 14.1. The van der Waals surface area contributed by atoms with Crippen molar-refractivity contribution in [2.24, 2.45) is 16.0 Å². The van der Waals surface area contributed by atoms with Crippen LogP contribution in [0.3, 0.4) is 0 Å². The number of nitrogens with one attached hydrogen (secondary N) is 1. The number of hydrazone groups is 1. The molecule has 0 radical (unpaired) electrons. The number of nitrogens with zero attached hydrogens (tertiary/aromatic N) is 1. The monoisotopic (exact) mass is 270 g/mol. The van der Waals surface area contributed by atoms with Gasteiger partial charge in [-0.3, -0.25) is 10.2 Å². The maximum absolute atomic E-state index is 11.0. The molecule has 0 spiro atoms. The highest BCUT2D eigenvalue weighted by atomic mass is 32.2. The van der Waals surface area contributed by atoms with E-state index in [1.54, 1.807) is 6.92 Å². The molecular formula is C10H14N4O3S. The number of hydrogen-bond acceptors (Lipinski definition) is 5. The van der Waals surface area contributed by atoms with Crippen LogP contribution < -0.4 is 16.3 Å². The molecule has 0 unspecified atom stereocenters. The Labute approximate surface area is 105 Å². The Bertz CT molecular complexity index is 563. The van der Waals surface area contributed by atoms with Gasteiger partial charge in [0.05, 0.1) is 17.0 Å². The Morgan fingerprint density at radius 1 is 1.33 bits per heavy atom. The van der Waals surface area contributed by atoms with Gasteiger partial charge in [-0.05, 0) is 31.2 Å². The fraction of sp³-hybridized carbons (Fsp3) is 0.200. The second-order valence-electron chi connectivity index (χ2n) is 3.67. The number of nitrogens with two attached hydrogens (primary N) is 2. The minimum atomic E-state index is -3.69. The molecule has 0 aliphatic rings. The molecule has 0 saturated heterocycles. The van der Waals surface area contributed by atoms with Crippen LogP contribution in [0.2, 0.25) is 0 Å².